The van der Waals surface area contributed by atoms with Crippen molar-refractivity contribution in [1.82, 2.24) is 0 Å². The zero-order valence-electron chi connectivity index (χ0n) is 7.05. The molecule has 0 heterocycles. The largest absolute Gasteiger partial charge is 0.411 e. The molecule has 78 valence electrons. The minimum atomic E-state index is -4.67. The van der Waals surface area contributed by atoms with Gasteiger partial charge in [-0.25, -0.2) is 0 Å². The second-order valence-electron chi connectivity index (χ2n) is 2.67. The summed E-state index contributed by atoms with van der Waals surface area (Å²) in [5, 5.41) is 11.4. The van der Waals surface area contributed by atoms with Crippen molar-refractivity contribution in [2.45, 2.75) is 32.1 Å². The van der Waals surface area contributed by atoms with Crippen LogP contribution in [-0.2, 0) is 10.4 Å². The molecule has 0 amide bonds. The van der Waals surface area contributed by atoms with Gasteiger partial charge in [-0.1, -0.05) is 11.6 Å². The van der Waals surface area contributed by atoms with Gasteiger partial charge in [0.25, 0.3) is 0 Å². The second-order valence-corrected chi connectivity index (χ2v) is 3.57. The highest BCUT2D eigenvalue weighted by molar-refractivity contribution is 7.79. The molecule has 1 aliphatic rings. The van der Waals surface area contributed by atoms with E-state index in [1.807, 2.05) is 0 Å². The predicted octanol–water partition coefficient (Wildman–Crippen LogP) is 1.13. The standard InChI is InChI=1S/C6H11NO.H2O4S/c8-7-6-4-2-1-3-5-6;1-5(2,3)4/h8H,1-5H2;(H2,1,2,3,4). The molecule has 0 aromatic heterocycles. The first-order valence-corrected chi connectivity index (χ1v) is 5.23. The molecule has 13 heavy (non-hydrogen) atoms. The first-order chi connectivity index (χ1) is 5.93. The van der Waals surface area contributed by atoms with E-state index in [9.17, 15) is 0 Å². The lowest BCUT2D eigenvalue weighted by molar-refractivity contribution is 0.314. The minimum absolute atomic E-state index is 0.983. The summed E-state index contributed by atoms with van der Waals surface area (Å²) in [5.74, 6) is 0. The van der Waals surface area contributed by atoms with Crippen molar-refractivity contribution in [2.75, 3.05) is 0 Å². The number of hydrogen-bond donors (Lipinski definition) is 3. The smallest absolute Gasteiger partial charge is 0.394 e. The number of hydrogen-bond acceptors (Lipinski definition) is 4. The molecule has 7 heteroatoms. The predicted molar refractivity (Wildman–Crippen MR) is 46.5 cm³/mol. The van der Waals surface area contributed by atoms with E-state index in [1.165, 1.54) is 19.3 Å². The minimum Gasteiger partial charge on any atom is -0.411 e. The summed E-state index contributed by atoms with van der Waals surface area (Å²) < 4.78 is 31.6. The molecule has 0 aromatic rings. The molecule has 0 atom stereocenters. The molecule has 0 bridgehead atoms. The molecule has 1 rings (SSSR count). The zero-order chi connectivity index (χ0) is 10.3. The van der Waals surface area contributed by atoms with Gasteiger partial charge in [-0.15, -0.1) is 0 Å². The van der Waals surface area contributed by atoms with Gasteiger partial charge in [0.15, 0.2) is 0 Å². The van der Waals surface area contributed by atoms with Crippen LogP contribution in [0.25, 0.3) is 0 Å². The molecule has 0 spiro atoms. The molecular weight excluding hydrogens is 198 g/mol. The molecule has 0 aromatic carbocycles. The summed E-state index contributed by atoms with van der Waals surface area (Å²) in [7, 11) is -4.67. The fourth-order valence-corrected chi connectivity index (χ4v) is 1.06. The Kier molecular flexibility index (Phi) is 5.60. The van der Waals surface area contributed by atoms with Crippen LogP contribution >= 0.6 is 0 Å². The van der Waals surface area contributed by atoms with Crippen molar-refractivity contribution in [3.05, 3.63) is 0 Å². The Labute approximate surface area is 76.8 Å². The van der Waals surface area contributed by atoms with Gasteiger partial charge in [-0.2, -0.15) is 8.42 Å². The Bertz CT molecular complexity index is 242. The first kappa shape index (κ1) is 12.3. The third-order valence-electron chi connectivity index (χ3n) is 1.57. The fraction of sp³-hybridized carbons (Fsp3) is 0.833. The van der Waals surface area contributed by atoms with Crippen LogP contribution in [0.5, 0.6) is 0 Å². The maximum Gasteiger partial charge on any atom is 0.394 e. The van der Waals surface area contributed by atoms with Gasteiger partial charge in [0, 0.05) is 0 Å². The van der Waals surface area contributed by atoms with E-state index < -0.39 is 10.4 Å². The molecule has 1 aliphatic carbocycles. The van der Waals surface area contributed by atoms with Gasteiger partial charge >= 0.3 is 10.4 Å². The van der Waals surface area contributed by atoms with Crippen LogP contribution in [0.4, 0.5) is 0 Å². The van der Waals surface area contributed by atoms with Crippen LogP contribution in [-0.4, -0.2) is 28.4 Å². The Morgan fingerprint density at radius 2 is 1.46 bits per heavy atom. The lowest BCUT2D eigenvalue weighted by Crippen LogP contribution is -2.03. The first-order valence-electron chi connectivity index (χ1n) is 3.83. The van der Waals surface area contributed by atoms with Gasteiger partial charge < -0.3 is 5.21 Å². The summed E-state index contributed by atoms with van der Waals surface area (Å²) in [6.07, 6.45) is 5.74. The van der Waals surface area contributed by atoms with Crippen molar-refractivity contribution >= 4 is 16.1 Å². The van der Waals surface area contributed by atoms with E-state index >= 15 is 0 Å². The Morgan fingerprint density at radius 1 is 1.08 bits per heavy atom. The van der Waals surface area contributed by atoms with E-state index in [1.54, 1.807) is 0 Å². The zero-order valence-corrected chi connectivity index (χ0v) is 7.87. The highest BCUT2D eigenvalue weighted by Gasteiger charge is 2.05. The molecule has 0 saturated heterocycles. The van der Waals surface area contributed by atoms with E-state index in [2.05, 4.69) is 5.16 Å². The van der Waals surface area contributed by atoms with Crippen molar-refractivity contribution in [3.63, 3.8) is 0 Å². The fourth-order valence-electron chi connectivity index (χ4n) is 1.06. The molecule has 0 radical (unpaired) electrons. The van der Waals surface area contributed by atoms with Crippen LogP contribution < -0.4 is 0 Å². The van der Waals surface area contributed by atoms with Gasteiger partial charge in [-0.05, 0) is 25.7 Å². The third-order valence-corrected chi connectivity index (χ3v) is 1.57. The molecule has 3 N–H and O–H groups in total. The van der Waals surface area contributed by atoms with Crippen LogP contribution in [0.15, 0.2) is 5.16 Å². The van der Waals surface area contributed by atoms with Crippen LogP contribution in [0.3, 0.4) is 0 Å². The van der Waals surface area contributed by atoms with Gasteiger partial charge in [0.2, 0.25) is 0 Å². The van der Waals surface area contributed by atoms with Crippen molar-refractivity contribution in [3.8, 4) is 0 Å². The van der Waals surface area contributed by atoms with Gasteiger partial charge in [0.05, 0.1) is 5.71 Å². The number of rotatable bonds is 0. The quantitative estimate of drug-likeness (QED) is 0.316. The van der Waals surface area contributed by atoms with E-state index in [0.29, 0.717) is 0 Å². The molecule has 1 fully saturated rings. The summed E-state index contributed by atoms with van der Waals surface area (Å²) >= 11 is 0. The number of oxime groups is 1. The highest BCUT2D eigenvalue weighted by Crippen LogP contribution is 2.13. The maximum atomic E-state index is 8.74. The van der Waals surface area contributed by atoms with Gasteiger partial charge in [-0.3, -0.25) is 9.11 Å². The third kappa shape index (κ3) is 11.3. The van der Waals surface area contributed by atoms with Crippen molar-refractivity contribution < 1.29 is 22.7 Å². The summed E-state index contributed by atoms with van der Waals surface area (Å²) in [5.41, 5.74) is 0.983. The second kappa shape index (κ2) is 5.90. The Morgan fingerprint density at radius 3 is 1.69 bits per heavy atom. The molecule has 6 nitrogen and oxygen atoms in total. The molecule has 0 unspecified atom stereocenters. The average molecular weight is 211 g/mol. The molecular formula is C6H13NO5S. The van der Waals surface area contributed by atoms with E-state index in [-0.39, 0.29) is 0 Å². The highest BCUT2D eigenvalue weighted by atomic mass is 32.3. The Balaban J connectivity index is 0.000000252. The summed E-state index contributed by atoms with van der Waals surface area (Å²) in [4.78, 5) is 0. The monoisotopic (exact) mass is 211 g/mol. The Hall–Kier alpha value is -0.660. The van der Waals surface area contributed by atoms with Crippen LogP contribution in [0, 0.1) is 0 Å². The van der Waals surface area contributed by atoms with Gasteiger partial charge in [0.1, 0.15) is 0 Å². The molecule has 1 saturated carbocycles. The van der Waals surface area contributed by atoms with Crippen LogP contribution in [0.1, 0.15) is 32.1 Å². The van der Waals surface area contributed by atoms with Crippen molar-refractivity contribution in [1.29, 1.82) is 0 Å². The summed E-state index contributed by atoms with van der Waals surface area (Å²) in [6.45, 7) is 0. The van der Waals surface area contributed by atoms with E-state index in [0.717, 1.165) is 18.6 Å². The SMILES string of the molecule is O=S(=O)(O)O.ON=C1CCCCC1. The lowest BCUT2D eigenvalue weighted by Gasteiger charge is -2.08. The average Bonchev–Trinajstić information content (AvgIpc) is 2.03. The normalized spacial score (nSPS) is 17.2. The van der Waals surface area contributed by atoms with Crippen LogP contribution in [0.2, 0.25) is 0 Å². The lowest BCUT2D eigenvalue weighted by atomic mass is 9.99. The maximum absolute atomic E-state index is 8.74. The number of nitrogens with zero attached hydrogens (tertiary/aromatic N) is 1. The summed E-state index contributed by atoms with van der Waals surface area (Å²) in [6, 6.07) is 0. The molecule has 0 aliphatic heterocycles. The van der Waals surface area contributed by atoms with E-state index in [4.69, 9.17) is 22.7 Å². The topological polar surface area (TPSA) is 107 Å². The van der Waals surface area contributed by atoms with Crippen molar-refractivity contribution in [2.24, 2.45) is 5.16 Å².